The maximum atomic E-state index is 12.6. The number of benzene rings is 1. The third kappa shape index (κ3) is 4.11. The summed E-state index contributed by atoms with van der Waals surface area (Å²) in [6.45, 7) is 6.17. The zero-order chi connectivity index (χ0) is 16.9. The van der Waals surface area contributed by atoms with Crippen LogP contribution in [-0.2, 0) is 6.54 Å². The number of aromatic nitrogens is 1. The number of hydrogen-bond acceptors (Lipinski definition) is 4. The topological polar surface area (TPSA) is 48.5 Å². The minimum atomic E-state index is 0.0160. The van der Waals surface area contributed by atoms with E-state index in [2.05, 4.69) is 53.4 Å². The van der Waals surface area contributed by atoms with E-state index in [-0.39, 0.29) is 5.91 Å². The molecule has 0 saturated carbocycles. The van der Waals surface area contributed by atoms with Crippen LogP contribution in [0.5, 0.6) is 0 Å². The van der Waals surface area contributed by atoms with Crippen LogP contribution in [0.15, 0.2) is 42.6 Å². The molecule has 126 valence electrons. The molecular weight excluding hydrogens is 300 g/mol. The van der Waals surface area contributed by atoms with Crippen molar-refractivity contribution < 1.29 is 4.79 Å². The number of nitrogens with one attached hydrogen (secondary N) is 1. The summed E-state index contributed by atoms with van der Waals surface area (Å²) in [4.78, 5) is 21.0. The van der Waals surface area contributed by atoms with E-state index in [0.29, 0.717) is 5.69 Å². The monoisotopic (exact) mass is 324 g/mol. The van der Waals surface area contributed by atoms with Gasteiger partial charge in [-0.05, 0) is 31.7 Å². The average Bonchev–Trinajstić information content (AvgIpc) is 2.60. The molecule has 0 radical (unpaired) electrons. The molecule has 1 aliphatic heterocycles. The van der Waals surface area contributed by atoms with E-state index >= 15 is 0 Å². The maximum Gasteiger partial charge on any atom is 0.272 e. The lowest BCUT2D eigenvalue weighted by Gasteiger charge is -2.32. The minimum absolute atomic E-state index is 0.0160. The highest BCUT2D eigenvalue weighted by Crippen LogP contribution is 2.13. The number of hydrogen-bond donors (Lipinski definition) is 1. The molecule has 5 heteroatoms. The van der Waals surface area contributed by atoms with Gasteiger partial charge < -0.3 is 15.1 Å². The molecular formula is C19H24N4O. The zero-order valence-corrected chi connectivity index (χ0v) is 14.3. The molecule has 0 spiro atoms. The lowest BCUT2D eigenvalue weighted by Crippen LogP contribution is -2.47. The number of likely N-dealkylation sites (N-methyl/N-ethyl adjacent to an activating group) is 1. The fourth-order valence-corrected chi connectivity index (χ4v) is 2.86. The predicted octanol–water partition coefficient (Wildman–Crippen LogP) is 2.39. The Balaban J connectivity index is 1.64. The molecule has 2 aromatic rings. The fraction of sp³-hybridized carbons (Fsp3) is 0.368. The van der Waals surface area contributed by atoms with Gasteiger partial charge in [-0.15, -0.1) is 0 Å². The highest BCUT2D eigenvalue weighted by atomic mass is 16.2. The number of aryl methyl sites for hydroxylation is 1. The van der Waals surface area contributed by atoms with Crippen molar-refractivity contribution in [1.29, 1.82) is 0 Å². The van der Waals surface area contributed by atoms with Crippen molar-refractivity contribution in [1.82, 2.24) is 14.8 Å². The molecule has 1 saturated heterocycles. The summed E-state index contributed by atoms with van der Waals surface area (Å²) in [6, 6.07) is 12.1. The van der Waals surface area contributed by atoms with Crippen molar-refractivity contribution in [3.63, 3.8) is 0 Å². The molecule has 24 heavy (non-hydrogen) atoms. The Labute approximate surface area is 143 Å². The molecule has 3 rings (SSSR count). The van der Waals surface area contributed by atoms with E-state index < -0.39 is 0 Å². The van der Waals surface area contributed by atoms with Crippen molar-refractivity contribution in [2.45, 2.75) is 13.5 Å². The number of pyridine rings is 1. The summed E-state index contributed by atoms with van der Waals surface area (Å²) in [6.07, 6.45) is 1.70. The highest BCUT2D eigenvalue weighted by molar-refractivity contribution is 5.93. The molecule has 1 amide bonds. The maximum absolute atomic E-state index is 12.6. The Morgan fingerprint density at radius 2 is 1.96 bits per heavy atom. The molecule has 1 aromatic heterocycles. The van der Waals surface area contributed by atoms with E-state index in [4.69, 9.17) is 0 Å². The largest absolute Gasteiger partial charge is 0.381 e. The Morgan fingerprint density at radius 1 is 1.17 bits per heavy atom. The van der Waals surface area contributed by atoms with Crippen LogP contribution in [0, 0.1) is 6.92 Å². The van der Waals surface area contributed by atoms with Crippen molar-refractivity contribution in [3.05, 3.63) is 59.4 Å². The minimum Gasteiger partial charge on any atom is -0.381 e. The average molecular weight is 324 g/mol. The first-order valence-electron chi connectivity index (χ1n) is 8.35. The van der Waals surface area contributed by atoms with Gasteiger partial charge in [0, 0.05) is 44.6 Å². The molecule has 2 heterocycles. The van der Waals surface area contributed by atoms with E-state index in [0.717, 1.165) is 38.4 Å². The van der Waals surface area contributed by atoms with Gasteiger partial charge >= 0.3 is 0 Å². The van der Waals surface area contributed by atoms with Gasteiger partial charge in [0.05, 0.1) is 0 Å². The smallest absolute Gasteiger partial charge is 0.272 e. The molecule has 1 fully saturated rings. The van der Waals surface area contributed by atoms with Crippen molar-refractivity contribution in [2.75, 3.05) is 38.5 Å². The fourth-order valence-electron chi connectivity index (χ4n) is 2.86. The molecule has 1 N–H and O–H groups in total. The Kier molecular flexibility index (Phi) is 5.11. The van der Waals surface area contributed by atoms with Gasteiger partial charge in [0.25, 0.3) is 5.91 Å². The summed E-state index contributed by atoms with van der Waals surface area (Å²) in [7, 11) is 2.08. The van der Waals surface area contributed by atoms with Crippen molar-refractivity contribution in [2.24, 2.45) is 0 Å². The quantitative estimate of drug-likeness (QED) is 0.938. The van der Waals surface area contributed by atoms with E-state index in [9.17, 15) is 4.79 Å². The molecule has 0 atom stereocenters. The van der Waals surface area contributed by atoms with Crippen molar-refractivity contribution >= 4 is 11.6 Å². The Hall–Kier alpha value is -2.40. The van der Waals surface area contributed by atoms with Crippen LogP contribution >= 0.6 is 0 Å². The number of rotatable bonds is 4. The first-order valence-corrected chi connectivity index (χ1v) is 8.35. The molecule has 0 aliphatic carbocycles. The molecule has 0 unspecified atom stereocenters. The lowest BCUT2D eigenvalue weighted by atomic mass is 10.1. The number of amides is 1. The van der Waals surface area contributed by atoms with Crippen LogP contribution in [0.25, 0.3) is 0 Å². The summed E-state index contributed by atoms with van der Waals surface area (Å²) < 4.78 is 0. The molecule has 0 bridgehead atoms. The molecule has 5 nitrogen and oxygen atoms in total. The Morgan fingerprint density at radius 3 is 2.71 bits per heavy atom. The van der Waals surface area contributed by atoms with Crippen LogP contribution in [0.2, 0.25) is 0 Å². The van der Waals surface area contributed by atoms with Gasteiger partial charge in [-0.25, -0.2) is 0 Å². The van der Waals surface area contributed by atoms with Gasteiger partial charge in [0.15, 0.2) is 0 Å². The third-order valence-electron chi connectivity index (χ3n) is 4.35. The van der Waals surface area contributed by atoms with Gasteiger partial charge in [0.1, 0.15) is 5.69 Å². The van der Waals surface area contributed by atoms with Crippen LogP contribution in [-0.4, -0.2) is 53.9 Å². The van der Waals surface area contributed by atoms with Gasteiger partial charge in [-0.2, -0.15) is 0 Å². The van der Waals surface area contributed by atoms with Crippen LogP contribution in [0.4, 0.5) is 5.69 Å². The highest BCUT2D eigenvalue weighted by Gasteiger charge is 2.21. The van der Waals surface area contributed by atoms with Crippen LogP contribution in [0.1, 0.15) is 21.6 Å². The van der Waals surface area contributed by atoms with Crippen LogP contribution in [0.3, 0.4) is 0 Å². The second-order valence-electron chi connectivity index (χ2n) is 6.37. The predicted molar refractivity (Wildman–Crippen MR) is 96.1 cm³/mol. The van der Waals surface area contributed by atoms with Crippen molar-refractivity contribution in [3.8, 4) is 0 Å². The number of nitrogens with zero attached hydrogens (tertiary/aromatic N) is 3. The van der Waals surface area contributed by atoms with Crippen LogP contribution < -0.4 is 5.32 Å². The summed E-state index contributed by atoms with van der Waals surface area (Å²) >= 11 is 0. The summed E-state index contributed by atoms with van der Waals surface area (Å²) in [5.74, 6) is 0.0160. The van der Waals surface area contributed by atoms with E-state index in [1.165, 1.54) is 11.1 Å². The SMILES string of the molecule is Cc1cccc(CNc2ccnc(C(=O)N3CCN(C)CC3)c2)c1. The zero-order valence-electron chi connectivity index (χ0n) is 14.3. The number of anilines is 1. The third-order valence-corrected chi connectivity index (χ3v) is 4.35. The standard InChI is InChI=1S/C19H24N4O/c1-15-4-3-5-16(12-15)14-21-17-6-7-20-18(13-17)19(24)23-10-8-22(2)9-11-23/h3-7,12-13H,8-11,14H2,1-2H3,(H,20,21). The van der Waals surface area contributed by atoms with Gasteiger partial charge in [-0.1, -0.05) is 29.8 Å². The first kappa shape index (κ1) is 16.5. The van der Waals surface area contributed by atoms with E-state index in [1.54, 1.807) is 6.20 Å². The second-order valence-corrected chi connectivity index (χ2v) is 6.37. The summed E-state index contributed by atoms with van der Waals surface area (Å²) in [5, 5.41) is 3.37. The number of carbonyl (C=O) groups is 1. The first-order chi connectivity index (χ1) is 11.6. The van der Waals surface area contributed by atoms with Gasteiger partial charge in [0.2, 0.25) is 0 Å². The molecule has 1 aliphatic rings. The number of carbonyl (C=O) groups excluding carboxylic acids is 1. The van der Waals surface area contributed by atoms with E-state index in [1.807, 2.05) is 17.0 Å². The normalized spacial score (nSPS) is 15.3. The van der Waals surface area contributed by atoms with Gasteiger partial charge in [-0.3, -0.25) is 9.78 Å². The lowest BCUT2D eigenvalue weighted by molar-refractivity contribution is 0.0658. The Bertz CT molecular complexity index is 708. The summed E-state index contributed by atoms with van der Waals surface area (Å²) in [5.41, 5.74) is 3.89. The number of piperazine rings is 1. The second kappa shape index (κ2) is 7.45. The molecule has 1 aromatic carbocycles.